The molecule has 2 heterocycles. The molecule has 0 radical (unpaired) electrons. The summed E-state index contributed by atoms with van der Waals surface area (Å²) in [6.45, 7) is 2.17. The molecular formula is C26H23N3O2S. The Labute approximate surface area is 190 Å². The van der Waals surface area contributed by atoms with Gasteiger partial charge in [-0.1, -0.05) is 43.7 Å². The van der Waals surface area contributed by atoms with Crippen LogP contribution in [-0.2, 0) is 6.42 Å². The molecule has 0 fully saturated rings. The summed E-state index contributed by atoms with van der Waals surface area (Å²) in [6, 6.07) is 15.2. The maximum absolute atomic E-state index is 13.3. The number of methoxy groups -OCH3 is 1. The molecule has 2 aromatic carbocycles. The third-order valence-electron chi connectivity index (χ3n) is 5.39. The van der Waals surface area contributed by atoms with Crippen LogP contribution in [0.2, 0.25) is 0 Å². The minimum Gasteiger partial charge on any atom is -0.496 e. The first-order valence-electron chi connectivity index (χ1n) is 10.5. The van der Waals surface area contributed by atoms with Crippen LogP contribution in [0.3, 0.4) is 0 Å². The van der Waals surface area contributed by atoms with Crippen LogP contribution >= 0.6 is 11.3 Å². The van der Waals surface area contributed by atoms with Crippen LogP contribution in [0.5, 0.6) is 5.75 Å². The smallest absolute Gasteiger partial charge is 0.266 e. The van der Waals surface area contributed by atoms with Crippen molar-refractivity contribution in [3.05, 3.63) is 86.8 Å². The Morgan fingerprint density at radius 3 is 2.72 bits per heavy atom. The third-order valence-corrected chi connectivity index (χ3v) is 6.14. The maximum atomic E-state index is 13.3. The number of fused-ring (bicyclic) bond motifs is 1. The van der Waals surface area contributed by atoms with Crippen molar-refractivity contribution in [2.75, 3.05) is 7.11 Å². The Balaban J connectivity index is 1.86. The average Bonchev–Trinajstić information content (AvgIpc) is 3.30. The summed E-state index contributed by atoms with van der Waals surface area (Å²) in [7, 11) is 1.69. The third kappa shape index (κ3) is 4.20. The Morgan fingerprint density at radius 2 is 2.00 bits per heavy atom. The van der Waals surface area contributed by atoms with Crippen LogP contribution in [0.4, 0.5) is 0 Å². The summed E-state index contributed by atoms with van der Waals surface area (Å²) in [5.41, 5.74) is 4.48. The summed E-state index contributed by atoms with van der Waals surface area (Å²) < 4.78 is 7.15. The molecule has 0 unspecified atom stereocenters. The number of ether oxygens (including phenoxy) is 1. The zero-order valence-electron chi connectivity index (χ0n) is 18.0. The standard InChI is InChI=1S/C26H23N3O2S/c1-3-4-7-21-19(6-5-8-23(21)31-2)13-14-22-24(20-11-9-18(17-27)10-12-20)25(30)29-15-16-32-26(29)28-22/h5-6,8-16H,3-4,7H2,1-2H3/b14-13+. The Kier molecular flexibility index (Phi) is 6.48. The van der Waals surface area contributed by atoms with Crippen LogP contribution in [0.1, 0.15) is 42.1 Å². The van der Waals surface area contributed by atoms with Crippen LogP contribution in [0.25, 0.3) is 28.2 Å². The SMILES string of the molecule is CCCCc1c(/C=C/c2nc3sccn3c(=O)c2-c2ccc(C#N)cc2)cccc1OC. The van der Waals surface area contributed by atoms with Crippen LogP contribution in [0, 0.1) is 11.3 Å². The Hall–Kier alpha value is -3.69. The van der Waals surface area contributed by atoms with E-state index in [-0.39, 0.29) is 5.56 Å². The quantitative estimate of drug-likeness (QED) is 0.363. The zero-order chi connectivity index (χ0) is 22.5. The lowest BCUT2D eigenvalue weighted by Gasteiger charge is -2.12. The number of rotatable bonds is 7. The van der Waals surface area contributed by atoms with Gasteiger partial charge in [-0.05, 0) is 48.2 Å². The van der Waals surface area contributed by atoms with Crippen LogP contribution in [-0.4, -0.2) is 16.5 Å². The largest absolute Gasteiger partial charge is 0.496 e. The first kappa shape index (κ1) is 21.5. The first-order chi connectivity index (χ1) is 15.7. The fourth-order valence-corrected chi connectivity index (χ4v) is 4.43. The lowest BCUT2D eigenvalue weighted by Crippen LogP contribution is -2.17. The van der Waals surface area contributed by atoms with Crippen molar-refractivity contribution in [3.63, 3.8) is 0 Å². The van der Waals surface area contributed by atoms with Crippen molar-refractivity contribution in [2.45, 2.75) is 26.2 Å². The van der Waals surface area contributed by atoms with E-state index in [1.807, 2.05) is 29.7 Å². The number of unbranched alkanes of at least 4 members (excludes halogenated alkanes) is 1. The number of thiazole rings is 1. The monoisotopic (exact) mass is 441 g/mol. The minimum atomic E-state index is -0.127. The van der Waals surface area contributed by atoms with E-state index in [1.54, 1.807) is 42.0 Å². The predicted molar refractivity (Wildman–Crippen MR) is 130 cm³/mol. The maximum Gasteiger partial charge on any atom is 0.266 e. The van der Waals surface area contributed by atoms with Gasteiger partial charge in [-0.25, -0.2) is 4.98 Å². The molecule has 6 heteroatoms. The fourth-order valence-electron chi connectivity index (χ4n) is 3.72. The molecule has 32 heavy (non-hydrogen) atoms. The van der Waals surface area contributed by atoms with Gasteiger partial charge < -0.3 is 4.74 Å². The van der Waals surface area contributed by atoms with E-state index in [9.17, 15) is 4.79 Å². The van der Waals surface area contributed by atoms with Gasteiger partial charge in [0.1, 0.15) is 5.75 Å². The van der Waals surface area contributed by atoms with Crippen molar-refractivity contribution in [2.24, 2.45) is 0 Å². The average molecular weight is 442 g/mol. The highest BCUT2D eigenvalue weighted by atomic mass is 32.1. The molecule has 0 amide bonds. The molecule has 0 aliphatic heterocycles. The van der Waals surface area contributed by atoms with Gasteiger partial charge in [-0.15, -0.1) is 11.3 Å². The van der Waals surface area contributed by atoms with Gasteiger partial charge in [-0.3, -0.25) is 9.20 Å². The van der Waals surface area contributed by atoms with Gasteiger partial charge in [0.05, 0.1) is 30.0 Å². The number of hydrogen-bond acceptors (Lipinski definition) is 5. The molecule has 0 saturated carbocycles. The van der Waals surface area contributed by atoms with E-state index in [4.69, 9.17) is 15.0 Å². The van der Waals surface area contributed by atoms with Crippen molar-refractivity contribution < 1.29 is 4.74 Å². The van der Waals surface area contributed by atoms with E-state index < -0.39 is 0 Å². The lowest BCUT2D eigenvalue weighted by atomic mass is 9.99. The van der Waals surface area contributed by atoms with E-state index in [2.05, 4.69) is 19.1 Å². The first-order valence-corrected chi connectivity index (χ1v) is 11.4. The molecule has 0 bridgehead atoms. The normalized spacial score (nSPS) is 11.2. The van der Waals surface area contributed by atoms with Crippen molar-refractivity contribution >= 4 is 28.4 Å². The van der Waals surface area contributed by atoms with Gasteiger partial charge in [0.25, 0.3) is 5.56 Å². The molecule has 0 N–H and O–H groups in total. The number of aromatic nitrogens is 2. The van der Waals surface area contributed by atoms with E-state index in [0.29, 0.717) is 21.8 Å². The minimum absolute atomic E-state index is 0.127. The molecule has 4 rings (SSSR count). The number of benzene rings is 2. The highest BCUT2D eigenvalue weighted by Gasteiger charge is 2.14. The van der Waals surface area contributed by atoms with Gasteiger partial charge in [0.2, 0.25) is 0 Å². The molecule has 0 aliphatic carbocycles. The number of nitrogens with zero attached hydrogens (tertiary/aromatic N) is 3. The Morgan fingerprint density at radius 1 is 1.19 bits per heavy atom. The van der Waals surface area contributed by atoms with Crippen molar-refractivity contribution in [1.29, 1.82) is 5.26 Å². The molecule has 160 valence electrons. The number of nitriles is 1. The molecule has 0 aliphatic rings. The van der Waals surface area contributed by atoms with Gasteiger partial charge >= 0.3 is 0 Å². The van der Waals surface area contributed by atoms with Gasteiger partial charge in [-0.2, -0.15) is 5.26 Å². The van der Waals surface area contributed by atoms with E-state index in [1.165, 1.54) is 11.3 Å². The Bertz CT molecular complexity index is 1380. The van der Waals surface area contributed by atoms with Crippen LogP contribution in [0.15, 0.2) is 58.8 Å². The second kappa shape index (κ2) is 9.63. The summed E-state index contributed by atoms with van der Waals surface area (Å²) in [6.07, 6.45) is 8.73. The van der Waals surface area contributed by atoms with E-state index >= 15 is 0 Å². The van der Waals surface area contributed by atoms with Gasteiger partial charge in [0, 0.05) is 17.1 Å². The molecule has 4 aromatic rings. The zero-order valence-corrected chi connectivity index (χ0v) is 18.9. The highest BCUT2D eigenvalue weighted by Crippen LogP contribution is 2.28. The van der Waals surface area contributed by atoms with Crippen LogP contribution < -0.4 is 10.3 Å². The lowest BCUT2D eigenvalue weighted by molar-refractivity contribution is 0.409. The fraction of sp³-hybridized carbons (Fsp3) is 0.192. The summed E-state index contributed by atoms with van der Waals surface area (Å²) in [4.78, 5) is 18.7. The number of hydrogen-bond donors (Lipinski definition) is 0. The van der Waals surface area contributed by atoms with Crippen molar-refractivity contribution in [1.82, 2.24) is 9.38 Å². The van der Waals surface area contributed by atoms with E-state index in [0.717, 1.165) is 41.7 Å². The summed E-state index contributed by atoms with van der Waals surface area (Å²) in [5, 5.41) is 11.0. The molecule has 5 nitrogen and oxygen atoms in total. The topological polar surface area (TPSA) is 67.4 Å². The summed E-state index contributed by atoms with van der Waals surface area (Å²) in [5.74, 6) is 0.870. The summed E-state index contributed by atoms with van der Waals surface area (Å²) >= 11 is 1.42. The second-order valence-corrected chi connectivity index (χ2v) is 8.26. The predicted octanol–water partition coefficient (Wildman–Crippen LogP) is 5.82. The molecule has 0 atom stereocenters. The molecule has 0 saturated heterocycles. The highest BCUT2D eigenvalue weighted by molar-refractivity contribution is 7.15. The molecule has 2 aromatic heterocycles. The van der Waals surface area contributed by atoms with Crippen molar-refractivity contribution in [3.8, 4) is 22.9 Å². The second-order valence-electron chi connectivity index (χ2n) is 7.39. The van der Waals surface area contributed by atoms with Gasteiger partial charge in [0.15, 0.2) is 4.96 Å². The molecule has 0 spiro atoms. The molecular weight excluding hydrogens is 418 g/mol.